The third-order valence-electron chi connectivity index (χ3n) is 5.42. The molecule has 33 heavy (non-hydrogen) atoms. The van der Waals surface area contributed by atoms with E-state index in [2.05, 4.69) is 15.0 Å². The van der Waals surface area contributed by atoms with E-state index in [-0.39, 0.29) is 34.3 Å². The zero-order valence-corrected chi connectivity index (χ0v) is 20.7. The molecule has 0 atom stereocenters. The van der Waals surface area contributed by atoms with E-state index in [0.29, 0.717) is 11.2 Å². The van der Waals surface area contributed by atoms with Crippen LogP contribution in [0.15, 0.2) is 71.6 Å². The SMILES string of the molecule is O=S(=O)(O)c1cc2cc3ccc(cc4nc(cc5nc(cc1[nH]2)-c1ccccc1-5)C=C4)[nH]3.[Sn]. The molecule has 9 heteroatoms. The van der Waals surface area contributed by atoms with E-state index in [0.717, 1.165) is 39.2 Å². The average Bonchev–Trinajstić information content (AvgIpc) is 3.52. The average molecular weight is 559 g/mol. The maximum atomic E-state index is 12.1. The standard InChI is InChI=1S/C24H16N4O3S.Sn/c29-32(30,31)24-12-18-10-16-6-5-14(25-16)9-15-7-8-17(26-15)11-21-19-3-1-2-4-20(19)22(28-21)13-23(24)27-18;/h1-13,25,27H,(H,29,30,31);. The number of hydrogen-bond acceptors (Lipinski definition) is 4. The summed E-state index contributed by atoms with van der Waals surface area (Å²) < 4.78 is 33.9. The van der Waals surface area contributed by atoms with Gasteiger partial charge in [0.15, 0.2) is 0 Å². The second-order valence-electron chi connectivity index (χ2n) is 7.65. The number of rotatable bonds is 1. The molecular weight excluding hydrogens is 543 g/mol. The van der Waals surface area contributed by atoms with Gasteiger partial charge in [0.1, 0.15) is 4.90 Å². The van der Waals surface area contributed by atoms with Crippen LogP contribution in [-0.4, -0.2) is 56.8 Å². The van der Waals surface area contributed by atoms with Crippen molar-refractivity contribution in [3.8, 4) is 22.5 Å². The summed E-state index contributed by atoms with van der Waals surface area (Å²) in [5, 5.41) is 0. The molecule has 8 bridgehead atoms. The fraction of sp³-hybridized carbons (Fsp3) is 0. The van der Waals surface area contributed by atoms with Gasteiger partial charge in [-0.15, -0.1) is 0 Å². The van der Waals surface area contributed by atoms with Crippen LogP contribution in [0.5, 0.6) is 0 Å². The second-order valence-corrected chi connectivity index (χ2v) is 9.04. The molecule has 6 rings (SSSR count). The molecule has 160 valence electrons. The molecule has 0 saturated heterocycles. The fourth-order valence-corrected chi connectivity index (χ4v) is 4.69. The molecule has 0 amide bonds. The Bertz CT molecular complexity index is 1720. The summed E-state index contributed by atoms with van der Waals surface area (Å²) in [6, 6.07) is 20.2. The van der Waals surface area contributed by atoms with Crippen LogP contribution >= 0.6 is 0 Å². The van der Waals surface area contributed by atoms with Crippen LogP contribution in [0, 0.1) is 0 Å². The first-order valence-electron chi connectivity index (χ1n) is 9.90. The Balaban J connectivity index is 0.00000228. The summed E-state index contributed by atoms with van der Waals surface area (Å²) in [7, 11) is -4.44. The largest absolute Gasteiger partial charge is 0.355 e. The topological polar surface area (TPSA) is 112 Å². The van der Waals surface area contributed by atoms with Gasteiger partial charge in [-0.05, 0) is 54.6 Å². The van der Waals surface area contributed by atoms with Crippen molar-refractivity contribution in [2.24, 2.45) is 0 Å². The first-order valence-corrected chi connectivity index (χ1v) is 11.3. The number of benzene rings is 1. The Labute approximate surface area is 206 Å². The van der Waals surface area contributed by atoms with Gasteiger partial charge in [-0.25, -0.2) is 9.97 Å². The predicted octanol–water partition coefficient (Wildman–Crippen LogP) is 4.69. The third kappa shape index (κ3) is 4.01. The van der Waals surface area contributed by atoms with Gasteiger partial charge in [0.05, 0.1) is 28.3 Å². The second kappa shape index (κ2) is 7.98. The Hall–Kier alpha value is -3.21. The van der Waals surface area contributed by atoms with E-state index in [1.807, 2.05) is 60.7 Å². The van der Waals surface area contributed by atoms with E-state index >= 15 is 0 Å². The van der Waals surface area contributed by atoms with Gasteiger partial charge in [0.2, 0.25) is 0 Å². The molecule has 0 aliphatic carbocycles. The predicted molar refractivity (Wildman–Crippen MR) is 130 cm³/mol. The van der Waals surface area contributed by atoms with E-state index < -0.39 is 10.1 Å². The molecule has 0 unspecified atom stereocenters. The zero-order chi connectivity index (χ0) is 21.9. The molecular formula is C24H16N4O3SSn. The van der Waals surface area contributed by atoms with Crippen molar-refractivity contribution in [2.75, 3.05) is 0 Å². The van der Waals surface area contributed by atoms with Crippen molar-refractivity contribution in [3.63, 3.8) is 0 Å². The van der Waals surface area contributed by atoms with Crippen LogP contribution in [0.3, 0.4) is 0 Å². The summed E-state index contributed by atoms with van der Waals surface area (Å²) in [5.41, 5.74) is 7.14. The fourth-order valence-electron chi connectivity index (χ4n) is 4.03. The number of aromatic amines is 2. The molecule has 4 aromatic rings. The quantitative estimate of drug-likeness (QED) is 0.200. The van der Waals surface area contributed by atoms with Gasteiger partial charge in [-0.3, -0.25) is 4.55 Å². The Morgan fingerprint density at radius 3 is 2.03 bits per heavy atom. The molecule has 0 saturated carbocycles. The Morgan fingerprint density at radius 2 is 1.33 bits per heavy atom. The monoisotopic (exact) mass is 560 g/mol. The number of H-pyrrole nitrogens is 2. The minimum Gasteiger partial charge on any atom is -0.355 e. The number of aromatic nitrogens is 4. The van der Waals surface area contributed by atoms with Crippen molar-refractivity contribution in [3.05, 3.63) is 78.1 Å². The van der Waals surface area contributed by atoms with Crippen molar-refractivity contribution in [2.45, 2.75) is 4.90 Å². The summed E-state index contributed by atoms with van der Waals surface area (Å²) in [5.74, 6) is 0. The minimum atomic E-state index is -4.44. The zero-order valence-electron chi connectivity index (χ0n) is 17.1. The smallest absolute Gasteiger partial charge is 0.296 e. The third-order valence-corrected chi connectivity index (χ3v) is 6.32. The maximum absolute atomic E-state index is 12.1. The minimum absolute atomic E-state index is 0. The van der Waals surface area contributed by atoms with Crippen molar-refractivity contribution in [1.82, 2.24) is 19.9 Å². The van der Waals surface area contributed by atoms with Crippen molar-refractivity contribution >= 4 is 68.2 Å². The van der Waals surface area contributed by atoms with Gasteiger partial charge in [0.25, 0.3) is 10.1 Å². The van der Waals surface area contributed by atoms with Gasteiger partial charge in [-0.2, -0.15) is 8.42 Å². The van der Waals surface area contributed by atoms with Gasteiger partial charge < -0.3 is 9.97 Å². The van der Waals surface area contributed by atoms with Crippen LogP contribution in [0.4, 0.5) is 0 Å². The normalized spacial score (nSPS) is 12.3. The molecule has 5 heterocycles. The van der Waals surface area contributed by atoms with E-state index in [4.69, 9.17) is 4.98 Å². The molecule has 0 fully saturated rings. The van der Waals surface area contributed by atoms with Gasteiger partial charge >= 0.3 is 0 Å². The first kappa shape index (κ1) is 21.6. The Kier molecular flexibility index (Phi) is 5.23. The van der Waals surface area contributed by atoms with E-state index in [1.54, 1.807) is 12.1 Å². The van der Waals surface area contributed by atoms with Crippen LogP contribution in [0.25, 0.3) is 56.7 Å². The first-order chi connectivity index (χ1) is 15.4. The van der Waals surface area contributed by atoms with E-state index in [9.17, 15) is 13.0 Å². The molecule has 3 N–H and O–H groups in total. The number of fused-ring (bicyclic) bond motifs is 11. The molecule has 2 aliphatic rings. The van der Waals surface area contributed by atoms with Crippen LogP contribution < -0.4 is 0 Å². The van der Waals surface area contributed by atoms with Crippen molar-refractivity contribution < 1.29 is 13.0 Å². The summed E-state index contributed by atoms with van der Waals surface area (Å²) in [6.07, 6.45) is 3.88. The number of hydrogen-bond donors (Lipinski definition) is 3. The van der Waals surface area contributed by atoms with Gasteiger partial charge in [0, 0.05) is 51.6 Å². The van der Waals surface area contributed by atoms with E-state index in [1.165, 1.54) is 6.07 Å². The van der Waals surface area contributed by atoms with Gasteiger partial charge in [-0.1, -0.05) is 24.3 Å². The molecule has 7 nitrogen and oxygen atoms in total. The van der Waals surface area contributed by atoms with Crippen LogP contribution in [0.1, 0.15) is 11.4 Å². The number of nitrogens with one attached hydrogen (secondary N) is 2. The number of nitrogens with zero attached hydrogens (tertiary/aromatic N) is 2. The molecule has 3 aromatic heterocycles. The molecule has 0 spiro atoms. The summed E-state index contributed by atoms with van der Waals surface area (Å²) in [6.45, 7) is 0. The molecule has 2 aliphatic heterocycles. The summed E-state index contributed by atoms with van der Waals surface area (Å²) >= 11 is 0. The molecule has 1 aromatic carbocycles. The van der Waals surface area contributed by atoms with Crippen LogP contribution in [-0.2, 0) is 10.1 Å². The van der Waals surface area contributed by atoms with Crippen molar-refractivity contribution in [1.29, 1.82) is 0 Å². The molecule has 4 radical (unpaired) electrons. The van der Waals surface area contributed by atoms with Crippen LogP contribution in [0.2, 0.25) is 0 Å². The summed E-state index contributed by atoms with van der Waals surface area (Å²) in [4.78, 5) is 15.6. The Morgan fingerprint density at radius 1 is 0.697 bits per heavy atom. The maximum Gasteiger partial charge on any atom is 0.296 e.